The Labute approximate surface area is 95.0 Å². The van der Waals surface area contributed by atoms with Crippen LogP contribution >= 0.6 is 0 Å². The zero-order chi connectivity index (χ0) is 11.4. The third kappa shape index (κ3) is 2.37. The van der Waals surface area contributed by atoms with Gasteiger partial charge in [-0.3, -0.25) is 0 Å². The number of methoxy groups -OCH3 is 1. The molecule has 0 saturated heterocycles. The van der Waals surface area contributed by atoms with E-state index in [4.69, 9.17) is 9.15 Å². The molecule has 0 spiro atoms. The summed E-state index contributed by atoms with van der Waals surface area (Å²) in [5, 5.41) is 3.28. The number of rotatable bonds is 4. The zero-order valence-corrected chi connectivity index (χ0v) is 9.49. The van der Waals surface area contributed by atoms with Gasteiger partial charge in [-0.15, -0.1) is 0 Å². The van der Waals surface area contributed by atoms with E-state index in [9.17, 15) is 0 Å². The van der Waals surface area contributed by atoms with Crippen LogP contribution in [0.5, 0.6) is 5.75 Å². The van der Waals surface area contributed by atoms with Gasteiger partial charge in [0.15, 0.2) is 0 Å². The Bertz CT molecular complexity index is 449. The van der Waals surface area contributed by atoms with E-state index in [1.807, 2.05) is 37.3 Å². The van der Waals surface area contributed by atoms with Gasteiger partial charge in [0.1, 0.15) is 11.5 Å². The van der Waals surface area contributed by atoms with Crippen LogP contribution in [0.2, 0.25) is 0 Å². The average molecular weight is 217 g/mol. The van der Waals surface area contributed by atoms with Crippen molar-refractivity contribution in [3.63, 3.8) is 0 Å². The number of hydrogen-bond acceptors (Lipinski definition) is 3. The lowest BCUT2D eigenvalue weighted by Gasteiger charge is -2.10. The molecule has 0 fully saturated rings. The molecule has 0 saturated carbocycles. The van der Waals surface area contributed by atoms with Gasteiger partial charge < -0.3 is 14.5 Å². The molecule has 1 aromatic carbocycles. The van der Waals surface area contributed by atoms with E-state index in [-0.39, 0.29) is 0 Å². The summed E-state index contributed by atoms with van der Waals surface area (Å²) in [5.41, 5.74) is 2.16. The van der Waals surface area contributed by atoms with Gasteiger partial charge in [-0.05, 0) is 36.8 Å². The second kappa shape index (κ2) is 4.75. The highest BCUT2D eigenvalue weighted by molar-refractivity contribution is 5.57. The van der Waals surface area contributed by atoms with Crippen LogP contribution in [0.3, 0.4) is 0 Å². The van der Waals surface area contributed by atoms with Crippen molar-refractivity contribution in [1.82, 2.24) is 0 Å². The Balaban J connectivity index is 2.09. The second-order valence-electron chi connectivity index (χ2n) is 3.64. The average Bonchev–Trinajstić information content (AvgIpc) is 2.80. The first kappa shape index (κ1) is 10.6. The van der Waals surface area contributed by atoms with Crippen LogP contribution in [0.1, 0.15) is 11.3 Å². The first-order chi connectivity index (χ1) is 7.79. The first-order valence-corrected chi connectivity index (χ1v) is 5.20. The summed E-state index contributed by atoms with van der Waals surface area (Å²) < 4.78 is 10.6. The summed E-state index contributed by atoms with van der Waals surface area (Å²) in [4.78, 5) is 0. The standard InChI is InChI=1S/C13H15NO2/c1-10-5-6-12(13(8-10)15-2)14-9-11-4-3-7-16-11/h3-8,14H,9H2,1-2H3. The van der Waals surface area contributed by atoms with E-state index in [2.05, 4.69) is 5.32 Å². The van der Waals surface area contributed by atoms with Crippen molar-refractivity contribution in [2.24, 2.45) is 0 Å². The molecule has 0 aliphatic heterocycles. The predicted octanol–water partition coefficient (Wildman–Crippen LogP) is 3.21. The summed E-state index contributed by atoms with van der Waals surface area (Å²) in [6, 6.07) is 9.88. The van der Waals surface area contributed by atoms with Crippen LogP contribution in [-0.2, 0) is 6.54 Å². The zero-order valence-electron chi connectivity index (χ0n) is 9.49. The predicted molar refractivity (Wildman–Crippen MR) is 63.8 cm³/mol. The van der Waals surface area contributed by atoms with E-state index in [1.165, 1.54) is 5.56 Å². The first-order valence-electron chi connectivity index (χ1n) is 5.20. The largest absolute Gasteiger partial charge is 0.495 e. The van der Waals surface area contributed by atoms with Gasteiger partial charge in [-0.25, -0.2) is 0 Å². The second-order valence-corrected chi connectivity index (χ2v) is 3.64. The van der Waals surface area contributed by atoms with Crippen molar-refractivity contribution in [3.05, 3.63) is 47.9 Å². The van der Waals surface area contributed by atoms with Crippen LogP contribution in [0, 0.1) is 6.92 Å². The molecule has 1 N–H and O–H groups in total. The summed E-state index contributed by atoms with van der Waals surface area (Å²) >= 11 is 0. The van der Waals surface area contributed by atoms with Crippen molar-refractivity contribution >= 4 is 5.69 Å². The number of hydrogen-bond donors (Lipinski definition) is 1. The molecule has 0 aliphatic rings. The lowest BCUT2D eigenvalue weighted by Crippen LogP contribution is -2.00. The third-order valence-electron chi connectivity index (χ3n) is 2.39. The van der Waals surface area contributed by atoms with E-state index >= 15 is 0 Å². The molecule has 0 unspecified atom stereocenters. The van der Waals surface area contributed by atoms with Crippen molar-refractivity contribution in [2.75, 3.05) is 12.4 Å². The monoisotopic (exact) mass is 217 g/mol. The van der Waals surface area contributed by atoms with Gasteiger partial charge in [-0.2, -0.15) is 0 Å². The fraction of sp³-hybridized carbons (Fsp3) is 0.231. The molecule has 3 heteroatoms. The normalized spacial score (nSPS) is 10.1. The molecule has 2 aromatic rings. The Morgan fingerprint density at radius 3 is 2.88 bits per heavy atom. The molecule has 1 aromatic heterocycles. The van der Waals surface area contributed by atoms with Crippen LogP contribution in [0.25, 0.3) is 0 Å². The molecule has 0 bridgehead atoms. The minimum Gasteiger partial charge on any atom is -0.495 e. The molecule has 0 amide bonds. The van der Waals surface area contributed by atoms with Crippen molar-refractivity contribution < 1.29 is 9.15 Å². The lowest BCUT2D eigenvalue weighted by atomic mass is 10.2. The molecule has 16 heavy (non-hydrogen) atoms. The lowest BCUT2D eigenvalue weighted by molar-refractivity contribution is 0.416. The SMILES string of the molecule is COc1cc(C)ccc1NCc1ccco1. The van der Waals surface area contributed by atoms with Crippen LogP contribution in [0.4, 0.5) is 5.69 Å². The van der Waals surface area contributed by atoms with E-state index in [0.29, 0.717) is 6.54 Å². The van der Waals surface area contributed by atoms with Crippen LogP contribution in [0.15, 0.2) is 41.0 Å². The Morgan fingerprint density at radius 1 is 1.31 bits per heavy atom. The highest BCUT2D eigenvalue weighted by Gasteiger charge is 2.03. The molecule has 3 nitrogen and oxygen atoms in total. The number of anilines is 1. The summed E-state index contributed by atoms with van der Waals surface area (Å²) in [5.74, 6) is 1.76. The van der Waals surface area contributed by atoms with Gasteiger partial charge in [-0.1, -0.05) is 6.07 Å². The maximum absolute atomic E-state index is 5.30. The van der Waals surface area contributed by atoms with E-state index < -0.39 is 0 Å². The van der Waals surface area contributed by atoms with Crippen molar-refractivity contribution in [2.45, 2.75) is 13.5 Å². The minimum atomic E-state index is 0.659. The number of nitrogens with one attached hydrogen (secondary N) is 1. The van der Waals surface area contributed by atoms with Gasteiger partial charge in [0.2, 0.25) is 0 Å². The maximum atomic E-state index is 5.30. The summed E-state index contributed by atoms with van der Waals surface area (Å²) in [7, 11) is 1.67. The van der Waals surface area contributed by atoms with Gasteiger partial charge >= 0.3 is 0 Å². The molecular formula is C13H15NO2. The Hall–Kier alpha value is -1.90. The highest BCUT2D eigenvalue weighted by atomic mass is 16.5. The number of aryl methyl sites for hydroxylation is 1. The van der Waals surface area contributed by atoms with E-state index in [0.717, 1.165) is 17.2 Å². The van der Waals surface area contributed by atoms with E-state index in [1.54, 1.807) is 13.4 Å². The highest BCUT2D eigenvalue weighted by Crippen LogP contribution is 2.25. The molecule has 0 radical (unpaired) electrons. The van der Waals surface area contributed by atoms with Gasteiger partial charge in [0.05, 0.1) is 25.6 Å². The third-order valence-corrected chi connectivity index (χ3v) is 2.39. The van der Waals surface area contributed by atoms with Gasteiger partial charge in [0, 0.05) is 0 Å². The smallest absolute Gasteiger partial charge is 0.142 e. The van der Waals surface area contributed by atoms with Crippen LogP contribution < -0.4 is 10.1 Å². The topological polar surface area (TPSA) is 34.4 Å². The number of ether oxygens (including phenoxy) is 1. The summed E-state index contributed by atoms with van der Waals surface area (Å²) in [6.45, 7) is 2.70. The van der Waals surface area contributed by atoms with Crippen molar-refractivity contribution in [3.8, 4) is 5.75 Å². The minimum absolute atomic E-state index is 0.659. The Kier molecular flexibility index (Phi) is 3.15. The maximum Gasteiger partial charge on any atom is 0.142 e. The molecule has 84 valence electrons. The molecular weight excluding hydrogens is 202 g/mol. The van der Waals surface area contributed by atoms with Crippen molar-refractivity contribution in [1.29, 1.82) is 0 Å². The van der Waals surface area contributed by atoms with Gasteiger partial charge in [0.25, 0.3) is 0 Å². The molecule has 2 rings (SSSR count). The molecule has 0 aliphatic carbocycles. The molecule has 1 heterocycles. The summed E-state index contributed by atoms with van der Waals surface area (Å²) in [6.07, 6.45) is 1.67. The number of benzene rings is 1. The Morgan fingerprint density at radius 2 is 2.19 bits per heavy atom. The molecule has 0 atom stereocenters. The quantitative estimate of drug-likeness (QED) is 0.853. The fourth-order valence-corrected chi connectivity index (χ4v) is 1.54. The van der Waals surface area contributed by atoms with Crippen LogP contribution in [-0.4, -0.2) is 7.11 Å². The number of furan rings is 1. The fourth-order valence-electron chi connectivity index (χ4n) is 1.54.